The average molecular weight is 603 g/mol. The number of carboxylic acid groups (broad SMARTS) is 1. The summed E-state index contributed by atoms with van der Waals surface area (Å²) in [6.45, 7) is 7.41. The number of aryl methyl sites for hydroxylation is 1. The van der Waals surface area contributed by atoms with Crippen LogP contribution in [0.5, 0.6) is 11.8 Å². The Bertz CT molecular complexity index is 1840. The van der Waals surface area contributed by atoms with Crippen molar-refractivity contribution in [3.05, 3.63) is 114 Å². The first kappa shape index (κ1) is 29.9. The van der Waals surface area contributed by atoms with Crippen LogP contribution in [0, 0.1) is 5.41 Å². The zero-order valence-electron chi connectivity index (χ0n) is 26.1. The number of pyridine rings is 1. The first-order valence-electron chi connectivity index (χ1n) is 15.2. The number of nitrogens with zero attached hydrogens (tertiary/aromatic N) is 4. The highest BCUT2D eigenvalue weighted by atomic mass is 16.5. The molecule has 0 spiro atoms. The molecule has 1 amide bonds. The lowest BCUT2D eigenvalue weighted by atomic mass is 9.79. The Labute approximate surface area is 263 Å². The molecule has 0 saturated heterocycles. The lowest BCUT2D eigenvalue weighted by molar-refractivity contribution is 0.0884. The smallest absolute Gasteiger partial charge is 0.407 e. The van der Waals surface area contributed by atoms with Crippen molar-refractivity contribution in [1.29, 1.82) is 0 Å². The largest absolute Gasteiger partial charge is 0.473 e. The Hall–Kier alpha value is -5.11. The molecular formula is C37H38N4O4. The van der Waals surface area contributed by atoms with Gasteiger partial charge in [0.05, 0.1) is 11.1 Å². The number of hydrogen-bond donors (Lipinski definition) is 1. The molecule has 1 N–H and O–H groups in total. The van der Waals surface area contributed by atoms with E-state index in [2.05, 4.69) is 39.0 Å². The third-order valence-electron chi connectivity index (χ3n) is 8.33. The van der Waals surface area contributed by atoms with Gasteiger partial charge in [-0.2, -0.15) is 10.1 Å². The van der Waals surface area contributed by atoms with Crippen LogP contribution in [0.3, 0.4) is 0 Å². The summed E-state index contributed by atoms with van der Waals surface area (Å²) in [5.74, 6) is 0.923. The van der Waals surface area contributed by atoms with Gasteiger partial charge in [-0.25, -0.2) is 4.79 Å². The molecule has 0 saturated carbocycles. The summed E-state index contributed by atoms with van der Waals surface area (Å²) >= 11 is 0. The maximum atomic E-state index is 12.0. The van der Waals surface area contributed by atoms with E-state index in [1.54, 1.807) is 4.90 Å². The van der Waals surface area contributed by atoms with Crippen LogP contribution < -0.4 is 9.47 Å². The van der Waals surface area contributed by atoms with Gasteiger partial charge in [0.15, 0.2) is 0 Å². The maximum absolute atomic E-state index is 12.0. The number of rotatable bonds is 8. The van der Waals surface area contributed by atoms with Crippen molar-refractivity contribution in [3.8, 4) is 23.0 Å². The summed E-state index contributed by atoms with van der Waals surface area (Å²) in [7, 11) is 1.93. The molecule has 3 heterocycles. The van der Waals surface area contributed by atoms with Gasteiger partial charge in [0.25, 0.3) is 0 Å². The Morgan fingerprint density at radius 3 is 2.22 bits per heavy atom. The fourth-order valence-electron chi connectivity index (χ4n) is 5.87. The van der Waals surface area contributed by atoms with Crippen molar-refractivity contribution < 1.29 is 19.4 Å². The van der Waals surface area contributed by atoms with Crippen LogP contribution in [0.25, 0.3) is 27.7 Å². The number of fused-ring (bicyclic) bond motifs is 1. The zero-order chi connectivity index (χ0) is 31.6. The van der Waals surface area contributed by atoms with Gasteiger partial charge in [0, 0.05) is 31.1 Å². The second kappa shape index (κ2) is 12.5. The Balaban J connectivity index is 1.33. The number of ether oxygens (including phenoxy) is 2. The van der Waals surface area contributed by atoms with E-state index in [9.17, 15) is 9.90 Å². The van der Waals surface area contributed by atoms with Gasteiger partial charge in [-0.05, 0) is 52.3 Å². The topological polar surface area (TPSA) is 89.7 Å². The van der Waals surface area contributed by atoms with Crippen LogP contribution >= 0.6 is 0 Å². The van der Waals surface area contributed by atoms with Gasteiger partial charge in [-0.3, -0.25) is 4.68 Å². The van der Waals surface area contributed by atoms with Crippen molar-refractivity contribution in [1.82, 2.24) is 19.7 Å². The van der Waals surface area contributed by atoms with Crippen LogP contribution in [-0.4, -0.2) is 43.5 Å². The predicted molar refractivity (Wildman–Crippen MR) is 176 cm³/mol. The molecule has 45 heavy (non-hydrogen) atoms. The number of benzene rings is 3. The SMILES string of the molecule is Cn1nc(-c2ccc(OCc3ccccc3)nc2OCc2ccccc2)c2ccc(C3=CCN(C(=O)O)C(C(C)(C)C)C3)cc21. The average Bonchev–Trinajstić information content (AvgIpc) is 3.38. The van der Waals surface area contributed by atoms with E-state index >= 15 is 0 Å². The number of amides is 1. The molecule has 2 aromatic heterocycles. The zero-order valence-corrected chi connectivity index (χ0v) is 26.1. The molecule has 3 aromatic carbocycles. The molecule has 8 heteroatoms. The van der Waals surface area contributed by atoms with E-state index in [4.69, 9.17) is 19.6 Å². The van der Waals surface area contributed by atoms with Gasteiger partial charge in [0.2, 0.25) is 11.8 Å². The highest BCUT2D eigenvalue weighted by molar-refractivity contribution is 5.96. The molecule has 0 bridgehead atoms. The lowest BCUT2D eigenvalue weighted by Gasteiger charge is -2.41. The maximum Gasteiger partial charge on any atom is 0.407 e. The summed E-state index contributed by atoms with van der Waals surface area (Å²) in [6, 6.07) is 30.0. The van der Waals surface area contributed by atoms with E-state index in [1.165, 1.54) is 0 Å². The molecule has 1 atom stereocenters. The van der Waals surface area contributed by atoms with Crippen LogP contribution in [-0.2, 0) is 20.3 Å². The molecule has 1 aliphatic heterocycles. The second-order valence-corrected chi connectivity index (χ2v) is 12.5. The molecule has 1 unspecified atom stereocenters. The molecule has 0 fully saturated rings. The number of hydrogen-bond acceptors (Lipinski definition) is 5. The third kappa shape index (κ3) is 6.55. The molecule has 1 aliphatic rings. The molecule has 230 valence electrons. The molecule has 0 radical (unpaired) electrons. The summed E-state index contributed by atoms with van der Waals surface area (Å²) < 4.78 is 14.2. The third-order valence-corrected chi connectivity index (χ3v) is 8.33. The fraction of sp³-hybridized carbons (Fsp3) is 0.270. The molecule has 0 aliphatic carbocycles. The molecular weight excluding hydrogens is 564 g/mol. The van der Waals surface area contributed by atoms with Crippen LogP contribution in [0.1, 0.15) is 43.9 Å². The van der Waals surface area contributed by atoms with Gasteiger partial charge in [0.1, 0.15) is 18.9 Å². The van der Waals surface area contributed by atoms with E-state index in [0.29, 0.717) is 37.9 Å². The van der Waals surface area contributed by atoms with Crippen molar-refractivity contribution in [2.24, 2.45) is 12.5 Å². The Morgan fingerprint density at radius 2 is 1.58 bits per heavy atom. The minimum Gasteiger partial charge on any atom is -0.473 e. The van der Waals surface area contributed by atoms with E-state index in [1.807, 2.05) is 90.6 Å². The van der Waals surface area contributed by atoms with Crippen molar-refractivity contribution in [3.63, 3.8) is 0 Å². The molecule has 8 nitrogen and oxygen atoms in total. The Kier molecular flexibility index (Phi) is 8.30. The highest BCUT2D eigenvalue weighted by Gasteiger charge is 2.36. The second-order valence-electron chi connectivity index (χ2n) is 12.5. The van der Waals surface area contributed by atoms with Gasteiger partial charge < -0.3 is 19.5 Å². The fourth-order valence-corrected chi connectivity index (χ4v) is 5.87. The highest BCUT2D eigenvalue weighted by Crippen LogP contribution is 2.39. The first-order chi connectivity index (χ1) is 21.7. The lowest BCUT2D eigenvalue weighted by Crippen LogP contribution is -2.48. The van der Waals surface area contributed by atoms with Crippen molar-refractivity contribution in [2.75, 3.05) is 6.54 Å². The summed E-state index contributed by atoms with van der Waals surface area (Å²) in [5.41, 5.74) is 6.62. The van der Waals surface area contributed by atoms with Crippen molar-refractivity contribution in [2.45, 2.75) is 46.4 Å². The minimum absolute atomic E-state index is 0.120. The Morgan fingerprint density at radius 1 is 0.911 bits per heavy atom. The summed E-state index contributed by atoms with van der Waals surface area (Å²) in [5, 5.41) is 15.7. The van der Waals surface area contributed by atoms with E-state index in [0.717, 1.165) is 44.4 Å². The number of carbonyl (C=O) groups is 1. The standard InChI is InChI=1S/C37H38N4O4/c1-37(2,3)32-22-28(19-20-41(32)36(42)43)27-15-16-29-31(21-27)40(4)39-34(29)30-17-18-33(44-23-25-11-7-5-8-12-25)38-35(30)45-24-26-13-9-6-10-14-26/h5-19,21,32H,20,22-24H2,1-4H3,(H,42,43). The molecule has 6 rings (SSSR count). The number of aromatic nitrogens is 3. The van der Waals surface area contributed by atoms with Crippen LogP contribution in [0.15, 0.2) is 97.1 Å². The normalized spacial score (nSPS) is 15.2. The first-order valence-corrected chi connectivity index (χ1v) is 15.2. The summed E-state index contributed by atoms with van der Waals surface area (Å²) in [6.07, 6.45) is 1.80. The van der Waals surface area contributed by atoms with Crippen LogP contribution in [0.4, 0.5) is 4.79 Å². The quantitative estimate of drug-likeness (QED) is 0.194. The minimum atomic E-state index is -0.882. The van der Waals surface area contributed by atoms with Gasteiger partial charge in [-0.1, -0.05) is 93.6 Å². The monoisotopic (exact) mass is 602 g/mol. The van der Waals surface area contributed by atoms with E-state index < -0.39 is 6.09 Å². The van der Waals surface area contributed by atoms with Crippen LogP contribution in [0.2, 0.25) is 0 Å². The van der Waals surface area contributed by atoms with Gasteiger partial charge in [-0.15, -0.1) is 0 Å². The predicted octanol–water partition coefficient (Wildman–Crippen LogP) is 7.98. The van der Waals surface area contributed by atoms with Crippen molar-refractivity contribution >= 4 is 22.6 Å². The summed E-state index contributed by atoms with van der Waals surface area (Å²) in [4.78, 5) is 18.3. The molecule has 5 aromatic rings. The van der Waals surface area contributed by atoms with E-state index in [-0.39, 0.29) is 11.5 Å². The van der Waals surface area contributed by atoms with Gasteiger partial charge >= 0.3 is 6.09 Å².